The Morgan fingerprint density at radius 1 is 1.11 bits per heavy atom. The highest BCUT2D eigenvalue weighted by molar-refractivity contribution is 5.77. The first-order valence-corrected chi connectivity index (χ1v) is 11.3. The van der Waals surface area contributed by atoms with Crippen molar-refractivity contribution in [3.63, 3.8) is 0 Å². The molecule has 0 spiro atoms. The lowest BCUT2D eigenvalue weighted by atomic mass is 10.1. The Kier molecular flexibility index (Phi) is 8.61. The number of hydrogen-bond donors (Lipinski definition) is 1. The van der Waals surface area contributed by atoms with Crippen LogP contribution in [-0.4, -0.2) is 65.9 Å². The predicted molar refractivity (Wildman–Crippen MR) is 122 cm³/mol. The van der Waals surface area contributed by atoms with Crippen LogP contribution in [0.4, 0.5) is 18.0 Å². The van der Waals surface area contributed by atoms with Crippen molar-refractivity contribution in [1.82, 2.24) is 9.80 Å². The summed E-state index contributed by atoms with van der Waals surface area (Å²) in [7, 11) is 1.70. The van der Waals surface area contributed by atoms with Crippen molar-refractivity contribution >= 4 is 12.0 Å². The molecule has 0 saturated carbocycles. The average Bonchev–Trinajstić information content (AvgIpc) is 3.07. The summed E-state index contributed by atoms with van der Waals surface area (Å²) < 4.78 is 49.3. The molecule has 3 rings (SSSR count). The number of hydrogen-bond acceptors (Lipinski definition) is 4. The third kappa shape index (κ3) is 7.11. The predicted octanol–water partition coefficient (Wildman–Crippen LogP) is 4.44. The van der Waals surface area contributed by atoms with E-state index >= 15 is 0 Å². The van der Waals surface area contributed by atoms with Crippen LogP contribution in [0.5, 0.6) is 5.75 Å². The quantitative estimate of drug-likeness (QED) is 0.500. The first-order valence-electron chi connectivity index (χ1n) is 11.3. The van der Waals surface area contributed by atoms with Crippen LogP contribution < -0.4 is 4.74 Å². The van der Waals surface area contributed by atoms with E-state index in [-0.39, 0.29) is 25.0 Å². The minimum atomic E-state index is -4.39. The molecule has 1 aliphatic rings. The topological polar surface area (TPSA) is 79.3 Å². The van der Waals surface area contributed by atoms with Crippen molar-refractivity contribution in [3.05, 3.63) is 65.2 Å². The fourth-order valence-corrected chi connectivity index (χ4v) is 3.94. The fraction of sp³-hybridized carbons (Fsp3) is 0.440. The summed E-state index contributed by atoms with van der Waals surface area (Å²) in [5.41, 5.74) is 0.731. The molecule has 7 nitrogen and oxygen atoms in total. The number of benzene rings is 2. The summed E-state index contributed by atoms with van der Waals surface area (Å²) in [5, 5.41) is 9.20. The van der Waals surface area contributed by atoms with Gasteiger partial charge in [-0.3, -0.25) is 0 Å². The second-order valence-corrected chi connectivity index (χ2v) is 8.39. The van der Waals surface area contributed by atoms with Gasteiger partial charge in [0.05, 0.1) is 18.2 Å². The molecule has 2 amide bonds. The van der Waals surface area contributed by atoms with Crippen molar-refractivity contribution in [1.29, 1.82) is 0 Å². The maximum absolute atomic E-state index is 12.7. The molecular formula is C25H29F3N2O5. The van der Waals surface area contributed by atoms with E-state index in [9.17, 15) is 27.9 Å². The second kappa shape index (κ2) is 11.4. The van der Waals surface area contributed by atoms with E-state index in [0.29, 0.717) is 37.5 Å². The van der Waals surface area contributed by atoms with Crippen molar-refractivity contribution in [2.45, 2.75) is 44.6 Å². The highest BCUT2D eigenvalue weighted by Gasteiger charge is 2.34. The van der Waals surface area contributed by atoms with Gasteiger partial charge < -0.3 is 24.4 Å². The maximum atomic E-state index is 12.7. The Morgan fingerprint density at radius 2 is 1.74 bits per heavy atom. The SMILES string of the molecule is CCO[C@@H](Cc1ccc(OCCC2CN(Cc3ccc(C(F)(F)F)cc3)C(=O)N2C)cc1)C(=O)O. The van der Waals surface area contributed by atoms with Crippen molar-refractivity contribution in [3.8, 4) is 5.75 Å². The van der Waals surface area contributed by atoms with Gasteiger partial charge in [-0.25, -0.2) is 9.59 Å². The molecule has 1 unspecified atom stereocenters. The zero-order valence-corrected chi connectivity index (χ0v) is 19.6. The third-order valence-corrected chi connectivity index (χ3v) is 5.91. The molecule has 10 heteroatoms. The summed E-state index contributed by atoms with van der Waals surface area (Å²) in [6.45, 7) is 3.12. The van der Waals surface area contributed by atoms with Crippen LogP contribution in [0.1, 0.15) is 30.0 Å². The summed E-state index contributed by atoms with van der Waals surface area (Å²) in [6.07, 6.45) is -4.45. The standard InChI is InChI=1S/C25H29F3N2O5/c1-3-34-22(23(31)32)14-17-6-10-21(11-7-17)35-13-12-20-16-30(24(33)29(20)2)15-18-4-8-19(9-5-18)25(26,27)28/h4-11,20,22H,3,12-16H2,1-2H3,(H,31,32)/t20?,22-/m0/s1. The van der Waals surface area contributed by atoms with E-state index in [1.165, 1.54) is 12.1 Å². The number of carboxylic acids is 1. The summed E-state index contributed by atoms with van der Waals surface area (Å²) in [6, 6.07) is 11.7. The van der Waals surface area contributed by atoms with E-state index in [1.54, 1.807) is 48.0 Å². The summed E-state index contributed by atoms with van der Waals surface area (Å²) in [4.78, 5) is 27.0. The highest BCUT2D eigenvalue weighted by Crippen LogP contribution is 2.29. The van der Waals surface area contributed by atoms with Crippen molar-refractivity contribution in [2.24, 2.45) is 0 Å². The van der Waals surface area contributed by atoms with Crippen LogP contribution in [0, 0.1) is 0 Å². The number of rotatable bonds is 11. The van der Waals surface area contributed by atoms with Crippen LogP contribution in [0.2, 0.25) is 0 Å². The summed E-state index contributed by atoms with van der Waals surface area (Å²) in [5.74, 6) is -0.375. The normalized spacial score (nSPS) is 17.1. The van der Waals surface area contributed by atoms with E-state index < -0.39 is 23.8 Å². The lowest BCUT2D eigenvalue weighted by Crippen LogP contribution is -2.31. The molecule has 2 aromatic rings. The molecule has 1 saturated heterocycles. The molecule has 1 N–H and O–H groups in total. The zero-order valence-electron chi connectivity index (χ0n) is 19.6. The largest absolute Gasteiger partial charge is 0.494 e. The van der Waals surface area contributed by atoms with Crippen LogP contribution in [-0.2, 0) is 28.7 Å². The molecule has 190 valence electrons. The van der Waals surface area contributed by atoms with Crippen molar-refractivity contribution in [2.75, 3.05) is 26.8 Å². The minimum absolute atomic E-state index is 0.0845. The van der Waals surface area contributed by atoms with Gasteiger partial charge in [-0.1, -0.05) is 24.3 Å². The van der Waals surface area contributed by atoms with Gasteiger partial charge in [0.15, 0.2) is 6.10 Å². The van der Waals surface area contributed by atoms with Gasteiger partial charge in [0, 0.05) is 39.6 Å². The highest BCUT2D eigenvalue weighted by atomic mass is 19.4. The average molecular weight is 495 g/mol. The Labute approximate surface area is 202 Å². The Balaban J connectivity index is 1.48. The number of carbonyl (C=O) groups excluding carboxylic acids is 1. The van der Waals surface area contributed by atoms with E-state index in [4.69, 9.17) is 9.47 Å². The van der Waals surface area contributed by atoms with E-state index in [1.807, 2.05) is 0 Å². The van der Waals surface area contributed by atoms with Gasteiger partial charge in [-0.2, -0.15) is 13.2 Å². The number of urea groups is 1. The number of nitrogens with zero attached hydrogens (tertiary/aromatic N) is 2. The lowest BCUT2D eigenvalue weighted by molar-refractivity contribution is -0.150. The van der Waals surface area contributed by atoms with Gasteiger partial charge in [0.2, 0.25) is 0 Å². The number of aliphatic carboxylic acids is 1. The van der Waals surface area contributed by atoms with Gasteiger partial charge in [0.1, 0.15) is 5.75 Å². The number of halogens is 3. The maximum Gasteiger partial charge on any atom is 0.416 e. The van der Waals surface area contributed by atoms with Crippen LogP contribution >= 0.6 is 0 Å². The molecule has 2 aromatic carbocycles. The number of ether oxygens (including phenoxy) is 2. The Morgan fingerprint density at radius 3 is 2.31 bits per heavy atom. The molecular weight excluding hydrogens is 465 g/mol. The molecule has 0 bridgehead atoms. The third-order valence-electron chi connectivity index (χ3n) is 5.91. The number of amides is 2. The van der Waals surface area contributed by atoms with Gasteiger partial charge in [-0.15, -0.1) is 0 Å². The molecule has 1 aliphatic heterocycles. The molecule has 1 heterocycles. The monoisotopic (exact) mass is 494 g/mol. The van der Waals surface area contributed by atoms with Gasteiger partial charge in [0.25, 0.3) is 0 Å². The van der Waals surface area contributed by atoms with E-state index in [0.717, 1.165) is 17.7 Å². The fourth-order valence-electron chi connectivity index (χ4n) is 3.94. The molecule has 0 radical (unpaired) electrons. The lowest BCUT2D eigenvalue weighted by Gasteiger charge is -2.18. The molecule has 2 atom stereocenters. The molecule has 1 fully saturated rings. The first kappa shape index (κ1) is 26.3. The zero-order chi connectivity index (χ0) is 25.6. The van der Waals surface area contributed by atoms with E-state index in [2.05, 4.69) is 0 Å². The first-order chi connectivity index (χ1) is 16.6. The Hall–Kier alpha value is -3.27. The van der Waals surface area contributed by atoms with Crippen LogP contribution in [0.15, 0.2) is 48.5 Å². The van der Waals surface area contributed by atoms with Gasteiger partial charge >= 0.3 is 18.2 Å². The van der Waals surface area contributed by atoms with Crippen LogP contribution in [0.25, 0.3) is 0 Å². The number of carbonyl (C=O) groups is 2. The molecule has 0 aromatic heterocycles. The minimum Gasteiger partial charge on any atom is -0.494 e. The second-order valence-electron chi connectivity index (χ2n) is 8.39. The smallest absolute Gasteiger partial charge is 0.416 e. The molecule has 0 aliphatic carbocycles. The van der Waals surface area contributed by atoms with Gasteiger partial charge in [-0.05, 0) is 42.3 Å². The van der Waals surface area contributed by atoms with Crippen LogP contribution in [0.3, 0.4) is 0 Å². The number of alkyl halides is 3. The Bertz CT molecular complexity index is 996. The number of likely N-dealkylation sites (N-methyl/N-ethyl adjacent to an activating group) is 1. The summed E-state index contributed by atoms with van der Waals surface area (Å²) >= 11 is 0. The molecule has 35 heavy (non-hydrogen) atoms. The van der Waals surface area contributed by atoms with Crippen molar-refractivity contribution < 1.29 is 37.3 Å². The number of carboxylic acid groups (broad SMARTS) is 1.